The Morgan fingerprint density at radius 2 is 1.62 bits per heavy atom. The van der Waals surface area contributed by atoms with Gasteiger partial charge in [0.1, 0.15) is 17.4 Å². The topological polar surface area (TPSA) is 188 Å². The van der Waals surface area contributed by atoms with Gasteiger partial charge in [-0.15, -0.1) is 0 Å². The zero-order valence-electron chi connectivity index (χ0n) is 40.6. The number of hydrogen-bond acceptors (Lipinski definition) is 13. The fourth-order valence-corrected chi connectivity index (χ4v) is 12.0. The Morgan fingerprint density at radius 1 is 0.833 bits per heavy atom. The first-order valence-electron chi connectivity index (χ1n) is 25.2. The van der Waals surface area contributed by atoms with E-state index in [1.165, 1.54) is 24.2 Å². The van der Waals surface area contributed by atoms with Gasteiger partial charge in [0.2, 0.25) is 11.8 Å². The number of ether oxygens (including phenoxy) is 1. The highest BCUT2D eigenvalue weighted by Crippen LogP contribution is 2.36. The van der Waals surface area contributed by atoms with Crippen LogP contribution in [-0.4, -0.2) is 104 Å². The molecule has 3 fully saturated rings. The summed E-state index contributed by atoms with van der Waals surface area (Å²) in [5.74, 6) is 0.665. The number of piperidine rings is 1. The summed E-state index contributed by atoms with van der Waals surface area (Å²) in [4.78, 5) is 71.9. The number of nitrogens with zero attached hydrogens (tertiary/aromatic N) is 8. The number of nitrogens with one attached hydrogen (secondary N) is 2. The lowest BCUT2D eigenvalue weighted by Gasteiger charge is -2.36. The van der Waals surface area contributed by atoms with Crippen LogP contribution in [-0.2, 0) is 29.6 Å². The number of piperazine rings is 1. The number of fused-ring (bicyclic) bond motifs is 3. The fourth-order valence-electron chi connectivity index (χ4n) is 11.2. The summed E-state index contributed by atoms with van der Waals surface area (Å²) in [6.07, 6.45) is 8.30. The molecule has 0 spiro atoms. The molecule has 0 radical (unpaired) electrons. The molecule has 72 heavy (non-hydrogen) atoms. The number of imide groups is 1. The number of benzene rings is 3. The lowest BCUT2D eigenvalue weighted by atomic mass is 9.84. The van der Waals surface area contributed by atoms with E-state index in [0.717, 1.165) is 113 Å². The molecule has 1 saturated carbocycles. The van der Waals surface area contributed by atoms with Gasteiger partial charge in [-0.1, -0.05) is 41.7 Å². The number of carbonyl (C=O) groups excluding carboxylic acids is 3. The van der Waals surface area contributed by atoms with Crippen molar-refractivity contribution in [1.82, 2.24) is 34.9 Å². The molecule has 0 bridgehead atoms. The van der Waals surface area contributed by atoms with Crippen LogP contribution in [0.4, 0.5) is 16.8 Å². The maximum Gasteiger partial charge on any atom is 0.355 e. The van der Waals surface area contributed by atoms with Crippen molar-refractivity contribution in [3.63, 3.8) is 0 Å². The molecule has 1 unspecified atom stereocenters. The summed E-state index contributed by atoms with van der Waals surface area (Å²) in [6.45, 7) is 7.89. The molecule has 1 aliphatic carbocycles. The molecule has 4 aliphatic rings. The van der Waals surface area contributed by atoms with E-state index in [1.807, 2.05) is 104 Å². The standard InChI is InChI=1S/C55H58N10O6S/c1-33-31-37(71-36-14-12-34(13-15-36)7-6-25-63-27-29-64(30-28-63)47-22-19-41-49(61-62(2)51(41)58-47)42-20-23-48(66)59-53(42)68)16-17-38(33)39-18-21-46(57-50(39)54(69)70)65-26-24-35-8-5-9-40(43(35)32-65)52(67)60-55-56-44-10-3-4-11-45(44)72-55/h3-5,8-11,16-19,21-22,31,34,36,42H,6-7,12-15,20,23-30,32H2,1-2H3,(H,69,70)(H,56,60,67)(H,59,66,68). The van der Waals surface area contributed by atoms with Crippen LogP contribution in [0.25, 0.3) is 32.4 Å². The minimum absolute atomic E-state index is 0.0154. The Morgan fingerprint density at radius 3 is 2.42 bits per heavy atom. The number of amides is 3. The van der Waals surface area contributed by atoms with E-state index < -0.39 is 11.9 Å². The Balaban J connectivity index is 0.648. The smallest absolute Gasteiger partial charge is 0.355 e. The molecule has 17 heteroatoms. The third-order valence-corrected chi connectivity index (χ3v) is 16.0. The van der Waals surface area contributed by atoms with E-state index in [9.17, 15) is 24.3 Å². The third-order valence-electron chi connectivity index (χ3n) is 15.1. The normalized spacial score (nSPS) is 19.6. The van der Waals surface area contributed by atoms with Crippen molar-refractivity contribution in [3.05, 3.63) is 119 Å². The minimum Gasteiger partial charge on any atom is -0.490 e. The van der Waals surface area contributed by atoms with Crippen molar-refractivity contribution in [3.8, 4) is 16.9 Å². The fraction of sp³-hybridized carbons (Fsp3) is 0.382. The highest BCUT2D eigenvalue weighted by molar-refractivity contribution is 7.22. The number of pyridine rings is 2. The van der Waals surface area contributed by atoms with Gasteiger partial charge in [0.25, 0.3) is 5.91 Å². The SMILES string of the molecule is Cc1cc(OC2CCC(CCCN3CCN(c4ccc5c(C6CCC(=O)NC6=O)nn(C)c5n4)CC3)CC2)ccc1-c1ccc(N2CCc3cccc(C(=O)Nc4nc5ccccc5s4)c3C2)nc1C(=O)O. The van der Waals surface area contributed by atoms with Gasteiger partial charge in [0.05, 0.1) is 27.9 Å². The van der Waals surface area contributed by atoms with E-state index >= 15 is 0 Å². The maximum absolute atomic E-state index is 13.6. The number of carboxylic acids is 1. The average molecular weight is 987 g/mol. The Bertz CT molecular complexity index is 3190. The van der Waals surface area contributed by atoms with Gasteiger partial charge in [-0.25, -0.2) is 19.7 Å². The van der Waals surface area contributed by atoms with Crippen LogP contribution in [0.1, 0.15) is 101 Å². The van der Waals surface area contributed by atoms with Gasteiger partial charge in [0, 0.05) is 69.3 Å². The number of anilines is 3. The minimum atomic E-state index is -1.10. The molecular weight excluding hydrogens is 929 g/mol. The van der Waals surface area contributed by atoms with E-state index in [0.29, 0.717) is 66.0 Å². The molecule has 3 aliphatic heterocycles. The second kappa shape index (κ2) is 20.1. The van der Waals surface area contributed by atoms with E-state index in [2.05, 4.69) is 30.5 Å². The van der Waals surface area contributed by atoms with E-state index in [1.54, 1.807) is 4.68 Å². The Kier molecular flexibility index (Phi) is 13.2. The number of carboxylic acid groups (broad SMARTS) is 1. The van der Waals surface area contributed by atoms with Gasteiger partial charge >= 0.3 is 5.97 Å². The number of rotatable bonds is 13. The monoisotopic (exact) mass is 986 g/mol. The molecule has 3 N–H and O–H groups in total. The van der Waals surface area contributed by atoms with Crippen molar-refractivity contribution in [1.29, 1.82) is 0 Å². The number of aromatic carboxylic acids is 1. The first kappa shape index (κ1) is 47.1. The summed E-state index contributed by atoms with van der Waals surface area (Å²) < 4.78 is 9.29. The molecular formula is C55H58N10O6S. The van der Waals surface area contributed by atoms with Gasteiger partial charge in [-0.2, -0.15) is 5.10 Å². The summed E-state index contributed by atoms with van der Waals surface area (Å²) >= 11 is 1.44. The average Bonchev–Trinajstić information content (AvgIpc) is 3.95. The lowest BCUT2D eigenvalue weighted by molar-refractivity contribution is -0.134. The summed E-state index contributed by atoms with van der Waals surface area (Å²) in [7, 11) is 1.86. The van der Waals surface area contributed by atoms with Gasteiger partial charge < -0.3 is 19.6 Å². The number of aromatic nitrogens is 5. The van der Waals surface area contributed by atoms with Crippen LogP contribution >= 0.6 is 11.3 Å². The largest absolute Gasteiger partial charge is 0.490 e. The van der Waals surface area contributed by atoms with Crippen molar-refractivity contribution in [2.45, 2.75) is 83.3 Å². The van der Waals surface area contributed by atoms with Crippen LogP contribution in [0.3, 0.4) is 0 Å². The lowest BCUT2D eigenvalue weighted by Crippen LogP contribution is -2.47. The molecule has 3 amide bonds. The first-order valence-corrected chi connectivity index (χ1v) is 26.0. The van der Waals surface area contributed by atoms with Crippen LogP contribution in [0.15, 0.2) is 84.9 Å². The van der Waals surface area contributed by atoms with Gasteiger partial charge in [-0.3, -0.25) is 34.6 Å². The van der Waals surface area contributed by atoms with Crippen molar-refractivity contribution in [2.24, 2.45) is 13.0 Å². The van der Waals surface area contributed by atoms with E-state index in [4.69, 9.17) is 14.7 Å². The van der Waals surface area contributed by atoms with Crippen molar-refractivity contribution in [2.75, 3.05) is 54.4 Å². The Hall–Kier alpha value is -7.24. The molecule has 4 aromatic heterocycles. The molecule has 16 nitrogen and oxygen atoms in total. The van der Waals surface area contributed by atoms with Crippen LogP contribution < -0.4 is 25.2 Å². The zero-order chi connectivity index (χ0) is 49.5. The molecule has 1 atom stereocenters. The molecule has 2 saturated heterocycles. The summed E-state index contributed by atoms with van der Waals surface area (Å²) in [5, 5.41) is 22.0. The summed E-state index contributed by atoms with van der Waals surface area (Å²) in [6, 6.07) is 27.3. The highest BCUT2D eigenvalue weighted by atomic mass is 32.1. The van der Waals surface area contributed by atoms with Crippen LogP contribution in [0, 0.1) is 12.8 Å². The zero-order valence-corrected chi connectivity index (χ0v) is 41.4. The molecule has 3 aromatic carbocycles. The number of thiazole rings is 1. The number of para-hydroxylation sites is 1. The Labute approximate surface area is 421 Å². The third kappa shape index (κ3) is 9.74. The first-order chi connectivity index (χ1) is 35.0. The van der Waals surface area contributed by atoms with Crippen LogP contribution in [0.2, 0.25) is 0 Å². The number of carbonyl (C=O) groups is 4. The molecule has 7 aromatic rings. The van der Waals surface area contributed by atoms with E-state index in [-0.39, 0.29) is 29.5 Å². The van der Waals surface area contributed by atoms with Gasteiger partial charge in [-0.05, 0) is 148 Å². The summed E-state index contributed by atoms with van der Waals surface area (Å²) in [5.41, 5.74) is 7.07. The van der Waals surface area contributed by atoms with Gasteiger partial charge in [0.15, 0.2) is 16.5 Å². The predicted molar refractivity (Wildman–Crippen MR) is 278 cm³/mol. The maximum atomic E-state index is 13.6. The molecule has 370 valence electrons. The highest BCUT2D eigenvalue weighted by Gasteiger charge is 2.33. The molecule has 11 rings (SSSR count). The van der Waals surface area contributed by atoms with Crippen LogP contribution in [0.5, 0.6) is 5.75 Å². The second-order valence-corrected chi connectivity index (χ2v) is 20.7. The predicted octanol–water partition coefficient (Wildman–Crippen LogP) is 8.52. The number of hydrogen-bond donors (Lipinski definition) is 3. The number of aryl methyl sites for hydroxylation is 2. The quantitative estimate of drug-likeness (QED) is 0.0934. The molecule has 7 heterocycles. The van der Waals surface area contributed by atoms with Crippen molar-refractivity contribution < 1.29 is 29.0 Å². The second-order valence-electron chi connectivity index (χ2n) is 19.7. The van der Waals surface area contributed by atoms with Crippen molar-refractivity contribution >= 4 is 73.0 Å².